The van der Waals surface area contributed by atoms with E-state index in [0.29, 0.717) is 39.3 Å². The van der Waals surface area contributed by atoms with E-state index in [1.54, 1.807) is 12.1 Å². The van der Waals surface area contributed by atoms with Gasteiger partial charge in [0, 0.05) is 32.8 Å². The molecule has 0 aliphatic carbocycles. The lowest BCUT2D eigenvalue weighted by molar-refractivity contribution is -0.142. The number of rotatable bonds is 6. The molecule has 2 heterocycles. The van der Waals surface area contributed by atoms with Gasteiger partial charge < -0.3 is 15.0 Å². The van der Waals surface area contributed by atoms with E-state index in [1.165, 1.54) is 12.1 Å². The monoisotopic (exact) mass is 391 g/mol. The van der Waals surface area contributed by atoms with Crippen molar-refractivity contribution in [2.75, 3.05) is 39.3 Å². The predicted molar refractivity (Wildman–Crippen MR) is 104 cm³/mol. The number of nitrogens with one attached hydrogen (secondary N) is 1. The lowest BCUT2D eigenvalue weighted by Gasteiger charge is -2.35. The van der Waals surface area contributed by atoms with Gasteiger partial charge in [0.05, 0.1) is 12.6 Å². The highest BCUT2D eigenvalue weighted by Crippen LogP contribution is 2.22. The highest BCUT2D eigenvalue weighted by atomic mass is 19.1. The fourth-order valence-corrected chi connectivity index (χ4v) is 3.83. The smallest absolute Gasteiger partial charge is 0.251 e. The van der Waals surface area contributed by atoms with E-state index in [1.807, 2.05) is 18.7 Å². The van der Waals surface area contributed by atoms with Crippen LogP contribution in [-0.4, -0.2) is 67.0 Å². The lowest BCUT2D eigenvalue weighted by atomic mass is 9.96. The number of carbonyl (C=O) groups excluding carboxylic acids is 2. The van der Waals surface area contributed by atoms with Crippen LogP contribution in [0.3, 0.4) is 0 Å². The van der Waals surface area contributed by atoms with Gasteiger partial charge in [-0.2, -0.15) is 0 Å². The molecular formula is C21H30FN3O3. The van der Waals surface area contributed by atoms with E-state index >= 15 is 0 Å². The number of hydrogen-bond acceptors (Lipinski definition) is 4. The van der Waals surface area contributed by atoms with Crippen LogP contribution in [-0.2, 0) is 14.3 Å². The van der Waals surface area contributed by atoms with Crippen molar-refractivity contribution in [3.63, 3.8) is 0 Å². The van der Waals surface area contributed by atoms with Crippen LogP contribution in [0, 0.1) is 11.7 Å². The predicted octanol–water partition coefficient (Wildman–Crippen LogP) is 1.96. The maximum Gasteiger partial charge on any atom is 0.251 e. The second-order valence-corrected chi connectivity index (χ2v) is 7.94. The molecule has 0 bridgehead atoms. The summed E-state index contributed by atoms with van der Waals surface area (Å²) in [6.07, 6.45) is 1.47. The summed E-state index contributed by atoms with van der Waals surface area (Å²) in [4.78, 5) is 28.9. The number of benzene rings is 1. The van der Waals surface area contributed by atoms with E-state index in [9.17, 15) is 14.0 Å². The first-order chi connectivity index (χ1) is 13.4. The van der Waals surface area contributed by atoms with E-state index < -0.39 is 0 Å². The molecule has 2 amide bonds. The Hall–Kier alpha value is -1.99. The molecule has 0 radical (unpaired) electrons. The van der Waals surface area contributed by atoms with Crippen LogP contribution < -0.4 is 5.32 Å². The van der Waals surface area contributed by atoms with Crippen LogP contribution in [0.2, 0.25) is 0 Å². The molecular weight excluding hydrogens is 361 g/mol. The number of nitrogens with zero attached hydrogens (tertiary/aromatic N) is 2. The highest BCUT2D eigenvalue weighted by molar-refractivity contribution is 5.81. The van der Waals surface area contributed by atoms with Gasteiger partial charge in [0.1, 0.15) is 11.9 Å². The molecule has 0 aromatic heterocycles. The van der Waals surface area contributed by atoms with Gasteiger partial charge in [-0.05, 0) is 36.5 Å². The van der Waals surface area contributed by atoms with E-state index in [-0.39, 0.29) is 35.7 Å². The number of carbonyl (C=O) groups is 2. The van der Waals surface area contributed by atoms with Gasteiger partial charge in [-0.1, -0.05) is 26.0 Å². The third kappa shape index (κ3) is 5.29. The molecule has 2 saturated heterocycles. The molecule has 2 aliphatic heterocycles. The molecule has 28 heavy (non-hydrogen) atoms. The quantitative estimate of drug-likeness (QED) is 0.805. The minimum Gasteiger partial charge on any atom is -0.368 e. The molecule has 1 aromatic carbocycles. The van der Waals surface area contributed by atoms with Crippen LogP contribution in [0.15, 0.2) is 24.3 Å². The maximum absolute atomic E-state index is 13.2. The first kappa shape index (κ1) is 20.7. The maximum atomic E-state index is 13.2. The Kier molecular flexibility index (Phi) is 7.02. The summed E-state index contributed by atoms with van der Waals surface area (Å²) < 4.78 is 18.7. The molecule has 2 unspecified atom stereocenters. The minimum absolute atomic E-state index is 0.0538. The van der Waals surface area contributed by atoms with Gasteiger partial charge in [0.15, 0.2) is 0 Å². The van der Waals surface area contributed by atoms with Crippen molar-refractivity contribution in [3.8, 4) is 0 Å². The van der Waals surface area contributed by atoms with Crippen molar-refractivity contribution in [1.82, 2.24) is 15.1 Å². The number of piperazine rings is 1. The largest absolute Gasteiger partial charge is 0.368 e. The van der Waals surface area contributed by atoms with Gasteiger partial charge in [-0.3, -0.25) is 14.5 Å². The zero-order valence-corrected chi connectivity index (χ0v) is 16.7. The topological polar surface area (TPSA) is 61.9 Å². The Morgan fingerprint density at radius 1 is 1.18 bits per heavy atom. The molecule has 154 valence electrons. The molecule has 6 nitrogen and oxygen atoms in total. The number of ether oxygens (including phenoxy) is 1. The summed E-state index contributed by atoms with van der Waals surface area (Å²) >= 11 is 0. The fraction of sp³-hybridized carbons (Fsp3) is 0.619. The van der Waals surface area contributed by atoms with Gasteiger partial charge in [-0.25, -0.2) is 4.39 Å². The van der Waals surface area contributed by atoms with Crippen LogP contribution in [0.4, 0.5) is 4.39 Å². The molecule has 2 atom stereocenters. The number of halogens is 1. The molecule has 1 aromatic rings. The molecule has 1 N–H and O–H groups in total. The second-order valence-electron chi connectivity index (χ2n) is 7.94. The summed E-state index contributed by atoms with van der Waals surface area (Å²) in [5, 5.41) is 3.07. The van der Waals surface area contributed by atoms with E-state index in [0.717, 1.165) is 18.4 Å². The Labute approximate surface area is 166 Å². The van der Waals surface area contributed by atoms with Crippen molar-refractivity contribution < 1.29 is 18.7 Å². The number of hydrogen-bond donors (Lipinski definition) is 1. The SMILES string of the molecule is CC(C)C(NC(=O)CN1CCN(C(=O)C2CCCO2)CC1)c1ccc(F)cc1. The van der Waals surface area contributed by atoms with Crippen LogP contribution in [0.5, 0.6) is 0 Å². The minimum atomic E-state index is -0.284. The molecule has 2 fully saturated rings. The van der Waals surface area contributed by atoms with Crippen molar-refractivity contribution in [2.24, 2.45) is 5.92 Å². The van der Waals surface area contributed by atoms with Crippen LogP contribution >= 0.6 is 0 Å². The Bertz CT molecular complexity index is 666. The fourth-order valence-electron chi connectivity index (χ4n) is 3.83. The third-order valence-corrected chi connectivity index (χ3v) is 5.47. The third-order valence-electron chi connectivity index (χ3n) is 5.47. The summed E-state index contributed by atoms with van der Waals surface area (Å²) in [7, 11) is 0. The average Bonchev–Trinajstić information content (AvgIpc) is 3.21. The van der Waals surface area contributed by atoms with Gasteiger partial charge in [0.25, 0.3) is 5.91 Å². The van der Waals surface area contributed by atoms with Crippen LogP contribution in [0.1, 0.15) is 38.3 Å². The molecule has 0 saturated carbocycles. The van der Waals surface area contributed by atoms with Gasteiger partial charge in [0.2, 0.25) is 5.91 Å². The van der Waals surface area contributed by atoms with E-state index in [4.69, 9.17) is 4.74 Å². The molecule has 7 heteroatoms. The summed E-state index contributed by atoms with van der Waals surface area (Å²) in [5.74, 6) is -0.0667. The zero-order chi connectivity index (χ0) is 20.1. The van der Waals surface area contributed by atoms with Crippen molar-refractivity contribution in [1.29, 1.82) is 0 Å². The molecule has 2 aliphatic rings. The molecule has 0 spiro atoms. The number of amides is 2. The zero-order valence-electron chi connectivity index (χ0n) is 16.7. The lowest BCUT2D eigenvalue weighted by Crippen LogP contribution is -2.53. The average molecular weight is 391 g/mol. The summed E-state index contributed by atoms with van der Waals surface area (Å²) in [6.45, 7) is 7.63. The first-order valence-corrected chi connectivity index (χ1v) is 10.1. The van der Waals surface area contributed by atoms with Gasteiger partial charge in [-0.15, -0.1) is 0 Å². The summed E-state index contributed by atoms with van der Waals surface area (Å²) in [5.41, 5.74) is 0.900. The normalized spacial score (nSPS) is 21.7. The standard InChI is InChI=1S/C21H30FN3O3/c1-15(2)20(16-5-7-17(22)8-6-16)23-19(26)14-24-9-11-25(12-10-24)21(27)18-4-3-13-28-18/h5-8,15,18,20H,3-4,9-14H2,1-2H3,(H,23,26). The van der Waals surface area contributed by atoms with E-state index in [2.05, 4.69) is 10.2 Å². The Balaban J connectivity index is 1.48. The Morgan fingerprint density at radius 3 is 2.43 bits per heavy atom. The Morgan fingerprint density at radius 2 is 1.86 bits per heavy atom. The second kappa shape index (κ2) is 9.47. The first-order valence-electron chi connectivity index (χ1n) is 10.1. The van der Waals surface area contributed by atoms with Gasteiger partial charge >= 0.3 is 0 Å². The van der Waals surface area contributed by atoms with Crippen LogP contribution in [0.25, 0.3) is 0 Å². The highest BCUT2D eigenvalue weighted by Gasteiger charge is 2.30. The van der Waals surface area contributed by atoms with Crippen molar-refractivity contribution in [2.45, 2.75) is 38.8 Å². The summed E-state index contributed by atoms with van der Waals surface area (Å²) in [6, 6.07) is 6.11. The molecule has 3 rings (SSSR count). The van der Waals surface area contributed by atoms with Crippen molar-refractivity contribution in [3.05, 3.63) is 35.6 Å². The van der Waals surface area contributed by atoms with Crippen molar-refractivity contribution >= 4 is 11.8 Å².